The maximum absolute atomic E-state index is 13.5. The summed E-state index contributed by atoms with van der Waals surface area (Å²) in [5.74, 6) is -0.0301. The molecule has 2 aromatic carbocycles. The number of benzene rings is 2. The summed E-state index contributed by atoms with van der Waals surface area (Å²) < 4.78 is 8.53. The summed E-state index contributed by atoms with van der Waals surface area (Å²) in [6.07, 6.45) is 1.84. The van der Waals surface area contributed by atoms with Crippen LogP contribution in [0, 0.1) is 6.92 Å². The topological polar surface area (TPSA) is 95.2 Å². The van der Waals surface area contributed by atoms with Crippen molar-refractivity contribution in [2.75, 3.05) is 18.7 Å². The molecule has 1 amide bonds. The van der Waals surface area contributed by atoms with E-state index < -0.39 is 17.2 Å². The second-order valence-corrected chi connectivity index (χ2v) is 8.98. The summed E-state index contributed by atoms with van der Waals surface area (Å²) in [6, 6.07) is 14.1. The Morgan fingerprint density at radius 2 is 1.88 bits per heavy atom. The van der Waals surface area contributed by atoms with Gasteiger partial charge in [0.1, 0.15) is 17.0 Å². The number of carbonyl (C=O) groups is 1. The second-order valence-electron chi connectivity index (χ2n) is 6.93. The molecule has 32 heavy (non-hydrogen) atoms. The number of ether oxygens (including phenoxy) is 1. The highest BCUT2D eigenvalue weighted by Gasteiger charge is 2.22. The molecule has 0 saturated heterocycles. The molecule has 0 aliphatic heterocycles. The van der Waals surface area contributed by atoms with Crippen LogP contribution in [0.25, 0.3) is 16.0 Å². The molecule has 10 heteroatoms. The standard InChI is InChI=1S/C22H20N4O4S2/c1-13-8-10-14(11-9-13)23-17(27)12-25-19-18(32-21(24-19)31-3)20(28)26(22(25)29)15-6-4-5-7-16(15)30-2/h4-11H,12H2,1-3H3,(H,23,27). The summed E-state index contributed by atoms with van der Waals surface area (Å²) in [5, 5.41) is 2.79. The van der Waals surface area contributed by atoms with E-state index in [0.29, 0.717) is 26.2 Å². The Balaban J connectivity index is 1.86. The van der Waals surface area contributed by atoms with E-state index in [9.17, 15) is 14.4 Å². The summed E-state index contributed by atoms with van der Waals surface area (Å²) in [6.45, 7) is 1.66. The Hall–Kier alpha value is -3.37. The molecule has 4 rings (SSSR count). The molecule has 164 valence electrons. The van der Waals surface area contributed by atoms with Crippen molar-refractivity contribution < 1.29 is 9.53 Å². The lowest BCUT2D eigenvalue weighted by Crippen LogP contribution is -2.40. The Bertz CT molecular complexity index is 1420. The first kappa shape index (κ1) is 21.8. The maximum atomic E-state index is 13.5. The molecule has 0 aliphatic carbocycles. The van der Waals surface area contributed by atoms with Crippen molar-refractivity contribution in [2.45, 2.75) is 17.8 Å². The fourth-order valence-electron chi connectivity index (χ4n) is 3.25. The molecule has 0 fully saturated rings. The number of rotatable bonds is 6. The van der Waals surface area contributed by atoms with E-state index in [1.54, 1.807) is 36.4 Å². The highest BCUT2D eigenvalue weighted by molar-refractivity contribution is 8.00. The van der Waals surface area contributed by atoms with Crippen LogP contribution < -0.4 is 21.3 Å². The molecular formula is C22H20N4O4S2. The molecule has 4 aromatic rings. The number of methoxy groups -OCH3 is 1. The van der Waals surface area contributed by atoms with Gasteiger partial charge in [-0.25, -0.2) is 14.3 Å². The minimum Gasteiger partial charge on any atom is -0.495 e. The monoisotopic (exact) mass is 468 g/mol. The van der Waals surface area contributed by atoms with Crippen LogP contribution >= 0.6 is 23.1 Å². The summed E-state index contributed by atoms with van der Waals surface area (Å²) in [4.78, 5) is 43.9. The van der Waals surface area contributed by atoms with Crippen LogP contribution in [0.3, 0.4) is 0 Å². The molecule has 0 aliphatic rings. The third-order valence-corrected chi connectivity index (χ3v) is 6.82. The molecule has 2 aromatic heterocycles. The first-order chi connectivity index (χ1) is 15.4. The fraction of sp³-hybridized carbons (Fsp3) is 0.182. The van der Waals surface area contributed by atoms with Crippen LogP contribution in [0.15, 0.2) is 62.5 Å². The van der Waals surface area contributed by atoms with E-state index in [1.807, 2.05) is 25.3 Å². The minimum atomic E-state index is -0.663. The average Bonchev–Trinajstić information content (AvgIpc) is 3.23. The lowest BCUT2D eigenvalue weighted by molar-refractivity contribution is -0.116. The Morgan fingerprint density at radius 1 is 1.16 bits per heavy atom. The fourth-order valence-corrected chi connectivity index (χ4v) is 4.75. The number of aromatic nitrogens is 3. The number of fused-ring (bicyclic) bond motifs is 1. The number of para-hydroxylation sites is 2. The molecule has 0 spiro atoms. The minimum absolute atomic E-state index is 0.194. The molecule has 8 nitrogen and oxygen atoms in total. The second kappa shape index (κ2) is 9.01. The van der Waals surface area contributed by atoms with Gasteiger partial charge in [0.15, 0.2) is 9.99 Å². The lowest BCUT2D eigenvalue weighted by Gasteiger charge is -2.13. The van der Waals surface area contributed by atoms with E-state index in [2.05, 4.69) is 10.3 Å². The van der Waals surface area contributed by atoms with E-state index in [0.717, 1.165) is 10.1 Å². The summed E-state index contributed by atoms with van der Waals surface area (Å²) in [7, 11) is 1.47. The van der Waals surface area contributed by atoms with Crippen molar-refractivity contribution in [3.8, 4) is 11.4 Å². The van der Waals surface area contributed by atoms with Crippen molar-refractivity contribution >= 4 is 45.0 Å². The van der Waals surface area contributed by atoms with Gasteiger partial charge in [0.05, 0.1) is 12.8 Å². The highest BCUT2D eigenvalue weighted by Crippen LogP contribution is 2.26. The van der Waals surface area contributed by atoms with Crippen molar-refractivity contribution in [3.63, 3.8) is 0 Å². The van der Waals surface area contributed by atoms with Gasteiger partial charge in [-0.3, -0.25) is 14.2 Å². The van der Waals surface area contributed by atoms with Gasteiger partial charge in [-0.15, -0.1) is 11.3 Å². The average molecular weight is 469 g/mol. The zero-order valence-corrected chi connectivity index (χ0v) is 19.3. The van der Waals surface area contributed by atoms with Gasteiger partial charge >= 0.3 is 5.69 Å². The predicted molar refractivity (Wildman–Crippen MR) is 128 cm³/mol. The summed E-state index contributed by atoms with van der Waals surface area (Å²) >= 11 is 2.56. The highest BCUT2D eigenvalue weighted by atomic mass is 32.2. The molecule has 1 N–H and O–H groups in total. The number of thiazole rings is 1. The number of nitrogens with one attached hydrogen (secondary N) is 1. The predicted octanol–water partition coefficient (Wildman–Crippen LogP) is 3.29. The van der Waals surface area contributed by atoms with Crippen LogP contribution in [-0.4, -0.2) is 33.4 Å². The van der Waals surface area contributed by atoms with Gasteiger partial charge in [0, 0.05) is 5.69 Å². The number of hydrogen-bond donors (Lipinski definition) is 1. The van der Waals surface area contributed by atoms with Crippen molar-refractivity contribution in [3.05, 3.63) is 74.9 Å². The molecule has 2 heterocycles. The van der Waals surface area contributed by atoms with Gasteiger partial charge in [0.2, 0.25) is 5.91 Å². The molecular weight excluding hydrogens is 448 g/mol. The molecule has 0 unspecified atom stereocenters. The number of aryl methyl sites for hydroxylation is 1. The van der Waals surface area contributed by atoms with E-state index >= 15 is 0 Å². The van der Waals surface area contributed by atoms with Crippen molar-refractivity contribution in [2.24, 2.45) is 0 Å². The first-order valence-corrected chi connectivity index (χ1v) is 11.7. The first-order valence-electron chi connectivity index (χ1n) is 9.63. The van der Waals surface area contributed by atoms with E-state index in [1.165, 1.54) is 34.8 Å². The SMILES string of the molecule is COc1ccccc1-n1c(=O)c2sc(SC)nc2n(CC(=O)Nc2ccc(C)cc2)c1=O. The van der Waals surface area contributed by atoms with Gasteiger partial charge in [-0.05, 0) is 37.4 Å². The Morgan fingerprint density at radius 3 is 2.56 bits per heavy atom. The molecule has 0 radical (unpaired) electrons. The number of carbonyl (C=O) groups excluding carboxylic acids is 1. The third kappa shape index (κ3) is 4.06. The number of hydrogen-bond acceptors (Lipinski definition) is 7. The van der Waals surface area contributed by atoms with Crippen LogP contribution in [0.1, 0.15) is 5.56 Å². The number of thioether (sulfide) groups is 1. The van der Waals surface area contributed by atoms with Gasteiger partial charge in [-0.2, -0.15) is 0 Å². The normalized spacial score (nSPS) is 11.0. The van der Waals surface area contributed by atoms with Crippen LogP contribution in [0.5, 0.6) is 5.75 Å². The lowest BCUT2D eigenvalue weighted by atomic mass is 10.2. The van der Waals surface area contributed by atoms with Gasteiger partial charge < -0.3 is 10.1 Å². The number of anilines is 1. The van der Waals surface area contributed by atoms with E-state index in [4.69, 9.17) is 4.74 Å². The van der Waals surface area contributed by atoms with E-state index in [-0.39, 0.29) is 12.2 Å². The summed E-state index contributed by atoms with van der Waals surface area (Å²) in [5.41, 5.74) is 1.02. The van der Waals surface area contributed by atoms with Crippen molar-refractivity contribution in [1.29, 1.82) is 0 Å². The quantitative estimate of drug-likeness (QED) is 0.437. The number of nitrogens with zero attached hydrogens (tertiary/aromatic N) is 3. The molecule has 0 bridgehead atoms. The maximum Gasteiger partial charge on any atom is 0.337 e. The number of amides is 1. The van der Waals surface area contributed by atoms with Gasteiger partial charge in [0.25, 0.3) is 5.56 Å². The van der Waals surface area contributed by atoms with Gasteiger partial charge in [-0.1, -0.05) is 41.6 Å². The zero-order valence-electron chi connectivity index (χ0n) is 17.6. The third-order valence-electron chi connectivity index (χ3n) is 4.80. The van der Waals surface area contributed by atoms with Crippen LogP contribution in [0.2, 0.25) is 0 Å². The zero-order chi connectivity index (χ0) is 22.8. The molecule has 0 atom stereocenters. The molecule has 0 saturated carbocycles. The van der Waals surface area contributed by atoms with Crippen LogP contribution in [0.4, 0.5) is 5.69 Å². The Kier molecular flexibility index (Phi) is 6.15. The largest absolute Gasteiger partial charge is 0.495 e. The Labute approximate surface area is 191 Å². The van der Waals surface area contributed by atoms with Crippen molar-refractivity contribution in [1.82, 2.24) is 14.1 Å². The van der Waals surface area contributed by atoms with Crippen LogP contribution in [-0.2, 0) is 11.3 Å². The smallest absolute Gasteiger partial charge is 0.337 e.